The molecule has 1 rings (SSSR count). The van der Waals surface area contributed by atoms with Crippen LogP contribution >= 0.6 is 0 Å². The standard InChI is InChI=1S/C9H15NO3/c1-7-4-8(10-5-11)2-3-9(7)13-6-12/h5-9H,2-4H2,1H3,(H,10,11)/t7-,8+,9-/m0/s1. The zero-order chi connectivity index (χ0) is 9.68. The molecule has 1 saturated carbocycles. The third-order valence-electron chi connectivity index (χ3n) is 2.62. The Morgan fingerprint density at radius 3 is 2.69 bits per heavy atom. The Labute approximate surface area is 77.6 Å². The molecule has 0 aromatic carbocycles. The van der Waals surface area contributed by atoms with Crippen molar-refractivity contribution >= 4 is 12.9 Å². The average molecular weight is 185 g/mol. The number of carbonyl (C=O) groups is 2. The molecule has 0 spiro atoms. The minimum atomic E-state index is 0.0298. The van der Waals surface area contributed by atoms with Crippen LogP contribution < -0.4 is 5.32 Å². The van der Waals surface area contributed by atoms with E-state index >= 15 is 0 Å². The number of hydrogen-bond acceptors (Lipinski definition) is 3. The number of hydrogen-bond donors (Lipinski definition) is 1. The summed E-state index contributed by atoms with van der Waals surface area (Å²) >= 11 is 0. The van der Waals surface area contributed by atoms with Crippen molar-refractivity contribution < 1.29 is 14.3 Å². The first-order valence-electron chi connectivity index (χ1n) is 4.56. The smallest absolute Gasteiger partial charge is 0.293 e. The summed E-state index contributed by atoms with van der Waals surface area (Å²) in [4.78, 5) is 20.3. The van der Waals surface area contributed by atoms with Crippen LogP contribution in [0.2, 0.25) is 0 Å². The van der Waals surface area contributed by atoms with Crippen LogP contribution in [0.4, 0.5) is 0 Å². The largest absolute Gasteiger partial charge is 0.464 e. The van der Waals surface area contributed by atoms with E-state index in [0.29, 0.717) is 12.4 Å². The van der Waals surface area contributed by atoms with Gasteiger partial charge in [-0.15, -0.1) is 0 Å². The first kappa shape index (κ1) is 10.0. The van der Waals surface area contributed by atoms with Crippen molar-refractivity contribution in [1.29, 1.82) is 0 Å². The lowest BCUT2D eigenvalue weighted by Crippen LogP contribution is -2.39. The molecule has 0 aromatic rings. The zero-order valence-electron chi connectivity index (χ0n) is 7.73. The molecule has 1 fully saturated rings. The van der Waals surface area contributed by atoms with Gasteiger partial charge < -0.3 is 10.1 Å². The van der Waals surface area contributed by atoms with Crippen molar-refractivity contribution in [2.24, 2.45) is 5.92 Å². The molecule has 1 aliphatic rings. The van der Waals surface area contributed by atoms with Gasteiger partial charge in [-0.1, -0.05) is 6.92 Å². The molecule has 74 valence electrons. The highest BCUT2D eigenvalue weighted by Crippen LogP contribution is 2.26. The molecule has 0 aliphatic heterocycles. The summed E-state index contributed by atoms with van der Waals surface area (Å²) in [6.07, 6.45) is 3.38. The van der Waals surface area contributed by atoms with Crippen LogP contribution in [0.3, 0.4) is 0 Å². The second-order valence-corrected chi connectivity index (χ2v) is 3.54. The van der Waals surface area contributed by atoms with Gasteiger partial charge in [0.1, 0.15) is 6.10 Å². The van der Waals surface area contributed by atoms with Gasteiger partial charge in [-0.25, -0.2) is 0 Å². The first-order chi connectivity index (χ1) is 6.27. The van der Waals surface area contributed by atoms with Gasteiger partial charge in [-0.2, -0.15) is 0 Å². The van der Waals surface area contributed by atoms with Gasteiger partial charge in [0, 0.05) is 6.04 Å². The van der Waals surface area contributed by atoms with Crippen molar-refractivity contribution in [2.45, 2.75) is 38.3 Å². The molecule has 0 aromatic heterocycles. The highest BCUT2D eigenvalue weighted by atomic mass is 16.5. The van der Waals surface area contributed by atoms with Crippen LogP contribution in [0.25, 0.3) is 0 Å². The maximum atomic E-state index is 10.2. The molecular weight excluding hydrogens is 170 g/mol. The van der Waals surface area contributed by atoms with E-state index in [9.17, 15) is 9.59 Å². The third-order valence-corrected chi connectivity index (χ3v) is 2.62. The summed E-state index contributed by atoms with van der Waals surface area (Å²) in [5.74, 6) is 0.330. The van der Waals surface area contributed by atoms with Gasteiger partial charge in [0.15, 0.2) is 0 Å². The molecule has 0 heterocycles. The first-order valence-corrected chi connectivity index (χ1v) is 4.56. The van der Waals surface area contributed by atoms with Crippen LogP contribution in [0.15, 0.2) is 0 Å². The van der Waals surface area contributed by atoms with Gasteiger partial charge in [-0.05, 0) is 25.2 Å². The van der Waals surface area contributed by atoms with Crippen molar-refractivity contribution in [2.75, 3.05) is 0 Å². The topological polar surface area (TPSA) is 55.4 Å². The molecule has 1 amide bonds. The second kappa shape index (κ2) is 4.84. The number of rotatable bonds is 4. The molecule has 0 unspecified atom stereocenters. The van der Waals surface area contributed by atoms with Crippen molar-refractivity contribution in [1.82, 2.24) is 5.32 Å². The number of amides is 1. The highest BCUT2D eigenvalue weighted by molar-refractivity contribution is 5.46. The predicted octanol–water partition coefficient (Wildman–Crippen LogP) is 0.463. The SMILES string of the molecule is C[C@H]1C[C@H](NC=O)CC[C@@H]1OC=O. The van der Waals surface area contributed by atoms with E-state index in [1.165, 1.54) is 0 Å². The van der Waals surface area contributed by atoms with Crippen LogP contribution in [0.1, 0.15) is 26.2 Å². The van der Waals surface area contributed by atoms with Crippen LogP contribution in [-0.2, 0) is 14.3 Å². The molecule has 4 heteroatoms. The van der Waals surface area contributed by atoms with Gasteiger partial charge in [0.25, 0.3) is 6.47 Å². The summed E-state index contributed by atoms with van der Waals surface area (Å²) in [5, 5.41) is 2.75. The molecule has 0 bridgehead atoms. The van der Waals surface area contributed by atoms with E-state index in [4.69, 9.17) is 4.74 Å². The maximum Gasteiger partial charge on any atom is 0.293 e. The van der Waals surface area contributed by atoms with E-state index in [0.717, 1.165) is 25.7 Å². The lowest BCUT2D eigenvalue weighted by molar-refractivity contribution is -0.138. The molecular formula is C9H15NO3. The normalized spacial score (nSPS) is 33.5. The molecule has 1 N–H and O–H groups in total. The Balaban J connectivity index is 2.36. The van der Waals surface area contributed by atoms with E-state index in [1.807, 2.05) is 6.92 Å². The van der Waals surface area contributed by atoms with Gasteiger partial charge >= 0.3 is 0 Å². The minimum Gasteiger partial charge on any atom is -0.464 e. The molecule has 4 nitrogen and oxygen atoms in total. The fourth-order valence-electron chi connectivity index (χ4n) is 1.89. The van der Waals surface area contributed by atoms with Crippen LogP contribution in [0, 0.1) is 5.92 Å². The van der Waals surface area contributed by atoms with E-state index in [-0.39, 0.29) is 12.1 Å². The zero-order valence-corrected chi connectivity index (χ0v) is 7.73. The van der Waals surface area contributed by atoms with E-state index < -0.39 is 0 Å². The number of ether oxygens (including phenoxy) is 1. The maximum absolute atomic E-state index is 10.2. The lowest BCUT2D eigenvalue weighted by Gasteiger charge is -2.32. The van der Waals surface area contributed by atoms with E-state index in [2.05, 4.69) is 5.32 Å². The molecule has 1 aliphatic carbocycles. The van der Waals surface area contributed by atoms with Crippen molar-refractivity contribution in [3.05, 3.63) is 0 Å². The van der Waals surface area contributed by atoms with Gasteiger partial charge in [0.2, 0.25) is 6.41 Å². The average Bonchev–Trinajstić information content (AvgIpc) is 2.10. The summed E-state index contributed by atoms with van der Waals surface area (Å²) in [5.41, 5.74) is 0. The molecule has 0 saturated heterocycles. The Bertz CT molecular complexity index is 184. The second-order valence-electron chi connectivity index (χ2n) is 3.54. The summed E-state index contributed by atoms with van der Waals surface area (Å²) in [6, 6.07) is 0.249. The predicted molar refractivity (Wildman–Crippen MR) is 46.9 cm³/mol. The van der Waals surface area contributed by atoms with Gasteiger partial charge in [0.05, 0.1) is 0 Å². The van der Waals surface area contributed by atoms with Crippen molar-refractivity contribution in [3.8, 4) is 0 Å². The lowest BCUT2D eigenvalue weighted by atomic mass is 9.84. The Morgan fingerprint density at radius 2 is 2.15 bits per heavy atom. The Hall–Kier alpha value is -1.06. The quantitative estimate of drug-likeness (QED) is 0.647. The summed E-state index contributed by atoms with van der Waals surface area (Å²) in [7, 11) is 0. The number of nitrogens with one attached hydrogen (secondary N) is 1. The Morgan fingerprint density at radius 1 is 1.38 bits per heavy atom. The Kier molecular flexibility index (Phi) is 3.73. The fraction of sp³-hybridized carbons (Fsp3) is 0.778. The summed E-state index contributed by atoms with van der Waals surface area (Å²) in [6.45, 7) is 2.54. The molecule has 13 heavy (non-hydrogen) atoms. The van der Waals surface area contributed by atoms with E-state index in [1.54, 1.807) is 0 Å². The monoisotopic (exact) mass is 185 g/mol. The molecule has 3 atom stereocenters. The van der Waals surface area contributed by atoms with Crippen molar-refractivity contribution in [3.63, 3.8) is 0 Å². The van der Waals surface area contributed by atoms with Crippen LogP contribution in [-0.4, -0.2) is 25.0 Å². The minimum absolute atomic E-state index is 0.0298. The molecule has 0 radical (unpaired) electrons. The fourth-order valence-corrected chi connectivity index (χ4v) is 1.89. The number of carbonyl (C=O) groups excluding carboxylic acids is 2. The van der Waals surface area contributed by atoms with Gasteiger partial charge in [-0.3, -0.25) is 9.59 Å². The summed E-state index contributed by atoms with van der Waals surface area (Å²) < 4.78 is 4.92. The highest BCUT2D eigenvalue weighted by Gasteiger charge is 2.28. The van der Waals surface area contributed by atoms with Crippen LogP contribution in [0.5, 0.6) is 0 Å². The third kappa shape index (κ3) is 2.72.